The number of nitrogens with zero attached hydrogens (tertiary/aromatic N) is 1. The lowest BCUT2D eigenvalue weighted by atomic mass is 9.94. The maximum Gasteiger partial charge on any atom is 0.237 e. The Labute approximate surface area is 107 Å². The number of hydrogen-bond acceptors (Lipinski definition) is 3. The summed E-state index contributed by atoms with van der Waals surface area (Å²) in [6.45, 7) is 3.93. The molecule has 1 saturated heterocycles. The van der Waals surface area contributed by atoms with Gasteiger partial charge in [-0.15, -0.1) is 0 Å². The lowest BCUT2D eigenvalue weighted by molar-refractivity contribution is -0.122. The topological polar surface area (TPSA) is 46.6 Å². The summed E-state index contributed by atoms with van der Waals surface area (Å²) in [5.41, 5.74) is 0.619. The Morgan fingerprint density at radius 2 is 1.83 bits per heavy atom. The molecule has 4 nitrogen and oxygen atoms in total. The molecular weight excluding hydrogens is 230 g/mol. The zero-order chi connectivity index (χ0) is 13.3. The molecule has 1 heterocycles. The van der Waals surface area contributed by atoms with Gasteiger partial charge in [0.2, 0.25) is 11.8 Å². The van der Waals surface area contributed by atoms with Crippen LogP contribution in [0, 0.1) is 11.8 Å². The van der Waals surface area contributed by atoms with E-state index in [4.69, 9.17) is 4.74 Å². The normalized spacial score (nSPS) is 19.8. The second-order valence-corrected chi connectivity index (χ2v) is 4.82. The van der Waals surface area contributed by atoms with Crippen molar-refractivity contribution in [3.05, 3.63) is 24.3 Å². The third kappa shape index (κ3) is 2.10. The summed E-state index contributed by atoms with van der Waals surface area (Å²) in [6, 6.07) is 6.96. The highest BCUT2D eigenvalue weighted by Crippen LogP contribution is 2.31. The zero-order valence-corrected chi connectivity index (χ0v) is 10.8. The maximum atomic E-state index is 12.2. The van der Waals surface area contributed by atoms with Crippen molar-refractivity contribution >= 4 is 17.5 Å². The maximum absolute atomic E-state index is 12.2. The Kier molecular flexibility index (Phi) is 3.36. The van der Waals surface area contributed by atoms with E-state index < -0.39 is 0 Å². The summed E-state index contributed by atoms with van der Waals surface area (Å²) in [5, 5.41) is 0. The van der Waals surface area contributed by atoms with E-state index in [0.717, 1.165) is 0 Å². The van der Waals surface area contributed by atoms with Crippen molar-refractivity contribution in [2.75, 3.05) is 12.0 Å². The molecule has 1 aliphatic heterocycles. The molecule has 1 aromatic carbocycles. The Morgan fingerprint density at radius 3 is 2.28 bits per heavy atom. The van der Waals surface area contributed by atoms with Gasteiger partial charge in [0, 0.05) is 6.42 Å². The highest BCUT2D eigenvalue weighted by Gasteiger charge is 2.40. The van der Waals surface area contributed by atoms with Crippen LogP contribution in [0.25, 0.3) is 0 Å². The van der Waals surface area contributed by atoms with Crippen molar-refractivity contribution in [3.8, 4) is 5.75 Å². The van der Waals surface area contributed by atoms with Gasteiger partial charge in [0.15, 0.2) is 0 Å². The number of amides is 2. The number of rotatable bonds is 3. The first-order chi connectivity index (χ1) is 8.54. The van der Waals surface area contributed by atoms with Crippen LogP contribution in [0.15, 0.2) is 24.3 Å². The number of methoxy groups -OCH3 is 1. The summed E-state index contributed by atoms with van der Waals surface area (Å²) < 4.78 is 5.06. The molecule has 4 heteroatoms. The van der Waals surface area contributed by atoms with Crippen LogP contribution in [0.4, 0.5) is 5.69 Å². The molecule has 1 atom stereocenters. The first kappa shape index (κ1) is 12.6. The van der Waals surface area contributed by atoms with E-state index in [1.165, 1.54) is 4.90 Å². The third-order valence-electron chi connectivity index (χ3n) is 3.32. The summed E-state index contributed by atoms with van der Waals surface area (Å²) in [6.07, 6.45) is 0.308. The minimum atomic E-state index is -0.195. The summed E-state index contributed by atoms with van der Waals surface area (Å²) in [4.78, 5) is 25.4. The van der Waals surface area contributed by atoms with E-state index in [9.17, 15) is 9.59 Å². The van der Waals surface area contributed by atoms with E-state index in [2.05, 4.69) is 0 Å². The predicted octanol–water partition coefficient (Wildman–Crippen LogP) is 2.23. The molecule has 1 aliphatic rings. The first-order valence-corrected chi connectivity index (χ1v) is 6.05. The van der Waals surface area contributed by atoms with Crippen LogP contribution in [0.1, 0.15) is 20.3 Å². The van der Waals surface area contributed by atoms with Crippen LogP contribution >= 0.6 is 0 Å². The van der Waals surface area contributed by atoms with E-state index >= 15 is 0 Å². The highest BCUT2D eigenvalue weighted by atomic mass is 16.5. The van der Waals surface area contributed by atoms with Gasteiger partial charge >= 0.3 is 0 Å². The minimum absolute atomic E-state index is 0.0971. The molecule has 0 bridgehead atoms. The Bertz CT molecular complexity index is 464. The molecule has 18 heavy (non-hydrogen) atoms. The van der Waals surface area contributed by atoms with E-state index in [1.807, 2.05) is 13.8 Å². The van der Waals surface area contributed by atoms with E-state index in [1.54, 1.807) is 31.4 Å². The molecule has 2 rings (SSSR count). The second kappa shape index (κ2) is 4.80. The van der Waals surface area contributed by atoms with Gasteiger partial charge in [-0.3, -0.25) is 14.5 Å². The molecule has 1 unspecified atom stereocenters. The van der Waals surface area contributed by atoms with Gasteiger partial charge in [-0.25, -0.2) is 0 Å². The molecule has 0 N–H and O–H groups in total. The summed E-state index contributed by atoms with van der Waals surface area (Å²) >= 11 is 0. The zero-order valence-electron chi connectivity index (χ0n) is 10.8. The summed E-state index contributed by atoms with van der Waals surface area (Å²) in [5.74, 6) is 0.478. The number of hydrogen-bond donors (Lipinski definition) is 0. The van der Waals surface area contributed by atoms with Crippen LogP contribution in [0.2, 0.25) is 0 Å². The highest BCUT2D eigenvalue weighted by molar-refractivity contribution is 6.21. The Morgan fingerprint density at radius 1 is 1.22 bits per heavy atom. The van der Waals surface area contributed by atoms with E-state index in [-0.39, 0.29) is 23.7 Å². The van der Waals surface area contributed by atoms with Crippen LogP contribution < -0.4 is 9.64 Å². The van der Waals surface area contributed by atoms with Crippen molar-refractivity contribution in [1.29, 1.82) is 0 Å². The SMILES string of the molecule is COc1ccc(N2C(=O)CC(C(C)C)C2=O)cc1. The molecule has 96 valence electrons. The average molecular weight is 247 g/mol. The van der Waals surface area contributed by atoms with Crippen molar-refractivity contribution in [1.82, 2.24) is 0 Å². The molecule has 0 saturated carbocycles. The van der Waals surface area contributed by atoms with Crippen molar-refractivity contribution in [2.45, 2.75) is 20.3 Å². The lowest BCUT2D eigenvalue weighted by Gasteiger charge is -2.16. The van der Waals surface area contributed by atoms with Gasteiger partial charge in [0.05, 0.1) is 18.7 Å². The second-order valence-electron chi connectivity index (χ2n) is 4.82. The van der Waals surface area contributed by atoms with Crippen molar-refractivity contribution < 1.29 is 14.3 Å². The number of anilines is 1. The molecule has 0 spiro atoms. The first-order valence-electron chi connectivity index (χ1n) is 6.05. The quantitative estimate of drug-likeness (QED) is 0.769. The Hall–Kier alpha value is -1.84. The van der Waals surface area contributed by atoms with Crippen LogP contribution in [-0.4, -0.2) is 18.9 Å². The van der Waals surface area contributed by atoms with Crippen molar-refractivity contribution in [3.63, 3.8) is 0 Å². The van der Waals surface area contributed by atoms with Gasteiger partial charge in [-0.1, -0.05) is 13.8 Å². The largest absolute Gasteiger partial charge is 0.497 e. The van der Waals surface area contributed by atoms with Gasteiger partial charge in [-0.2, -0.15) is 0 Å². The van der Waals surface area contributed by atoms with Gasteiger partial charge in [-0.05, 0) is 30.2 Å². The number of ether oxygens (including phenoxy) is 1. The van der Waals surface area contributed by atoms with Crippen LogP contribution in [0.3, 0.4) is 0 Å². The van der Waals surface area contributed by atoms with Gasteiger partial charge in [0.1, 0.15) is 5.75 Å². The third-order valence-corrected chi connectivity index (χ3v) is 3.32. The average Bonchev–Trinajstić information content (AvgIpc) is 2.65. The lowest BCUT2D eigenvalue weighted by Crippen LogP contribution is -2.31. The molecular formula is C14H17NO3. The fourth-order valence-electron chi connectivity index (χ4n) is 2.18. The fourth-order valence-corrected chi connectivity index (χ4v) is 2.18. The molecule has 2 amide bonds. The Balaban J connectivity index is 2.27. The molecule has 0 aliphatic carbocycles. The van der Waals surface area contributed by atoms with Gasteiger partial charge in [0.25, 0.3) is 0 Å². The minimum Gasteiger partial charge on any atom is -0.497 e. The van der Waals surface area contributed by atoms with E-state index in [0.29, 0.717) is 17.9 Å². The smallest absolute Gasteiger partial charge is 0.237 e. The molecule has 1 aromatic rings. The standard InChI is InChI=1S/C14H17NO3/c1-9(2)12-8-13(16)15(14(12)17)10-4-6-11(18-3)7-5-10/h4-7,9,12H,8H2,1-3H3. The number of carbonyl (C=O) groups excluding carboxylic acids is 2. The monoisotopic (exact) mass is 247 g/mol. The number of imide groups is 1. The van der Waals surface area contributed by atoms with Crippen LogP contribution in [0.5, 0.6) is 5.75 Å². The molecule has 0 radical (unpaired) electrons. The van der Waals surface area contributed by atoms with Crippen molar-refractivity contribution in [2.24, 2.45) is 11.8 Å². The molecule has 1 fully saturated rings. The van der Waals surface area contributed by atoms with Crippen LogP contribution in [-0.2, 0) is 9.59 Å². The predicted molar refractivity (Wildman–Crippen MR) is 68.4 cm³/mol. The molecule has 0 aromatic heterocycles. The summed E-state index contributed by atoms with van der Waals surface area (Å²) in [7, 11) is 1.58. The number of benzene rings is 1. The fraction of sp³-hybridized carbons (Fsp3) is 0.429. The number of carbonyl (C=O) groups is 2. The van der Waals surface area contributed by atoms with Gasteiger partial charge < -0.3 is 4.74 Å².